The highest BCUT2D eigenvalue weighted by Gasteiger charge is 2.46. The number of nitrogens with one attached hydrogen (secondary N) is 1. The van der Waals surface area contributed by atoms with Gasteiger partial charge in [0.2, 0.25) is 0 Å². The molecule has 1 N–H and O–H groups in total. The SMILES string of the molecule is CN=C(NC1CC1(C)C)N1CCOC(c2cnn(C)c2)C1. The fraction of sp³-hybridized carbons (Fsp3) is 0.733. The van der Waals surface area contributed by atoms with Crippen LogP contribution in [0.4, 0.5) is 0 Å². The standard InChI is InChI=1S/C15H25N5O/c1-15(2)7-13(15)18-14(16-3)20-5-6-21-12(10-20)11-8-17-19(4)9-11/h8-9,12-13H,5-7,10H2,1-4H3,(H,16,18). The molecule has 0 bridgehead atoms. The second-order valence-electron chi connectivity index (χ2n) is 6.69. The number of morpholine rings is 1. The van der Waals surface area contributed by atoms with Crippen molar-refractivity contribution in [3.8, 4) is 0 Å². The Morgan fingerprint density at radius 3 is 2.86 bits per heavy atom. The van der Waals surface area contributed by atoms with Crippen molar-refractivity contribution >= 4 is 5.96 Å². The first-order chi connectivity index (χ1) is 9.99. The third-order valence-electron chi connectivity index (χ3n) is 4.49. The fourth-order valence-corrected chi connectivity index (χ4v) is 2.82. The first kappa shape index (κ1) is 14.4. The Morgan fingerprint density at radius 2 is 2.29 bits per heavy atom. The number of rotatable bonds is 2. The lowest BCUT2D eigenvalue weighted by molar-refractivity contribution is -0.00810. The molecule has 1 saturated heterocycles. The number of ether oxygens (including phenoxy) is 1. The highest BCUT2D eigenvalue weighted by molar-refractivity contribution is 5.80. The van der Waals surface area contributed by atoms with Gasteiger partial charge in [-0.15, -0.1) is 0 Å². The van der Waals surface area contributed by atoms with E-state index in [-0.39, 0.29) is 6.10 Å². The number of aromatic nitrogens is 2. The Balaban J connectivity index is 1.64. The third-order valence-corrected chi connectivity index (χ3v) is 4.49. The van der Waals surface area contributed by atoms with Crippen LogP contribution in [0.5, 0.6) is 0 Å². The van der Waals surface area contributed by atoms with E-state index in [0.717, 1.165) is 24.6 Å². The average molecular weight is 291 g/mol. The quantitative estimate of drug-likeness (QED) is 0.656. The summed E-state index contributed by atoms with van der Waals surface area (Å²) in [7, 11) is 3.78. The summed E-state index contributed by atoms with van der Waals surface area (Å²) in [6.45, 7) is 6.99. The number of hydrogen-bond donors (Lipinski definition) is 1. The van der Waals surface area contributed by atoms with Gasteiger partial charge >= 0.3 is 0 Å². The van der Waals surface area contributed by atoms with Crippen LogP contribution >= 0.6 is 0 Å². The Kier molecular flexibility index (Phi) is 3.65. The number of nitrogens with zero attached hydrogens (tertiary/aromatic N) is 4. The molecule has 2 fully saturated rings. The van der Waals surface area contributed by atoms with Gasteiger partial charge in [-0.3, -0.25) is 9.67 Å². The monoisotopic (exact) mass is 291 g/mol. The van der Waals surface area contributed by atoms with Crippen molar-refractivity contribution in [1.29, 1.82) is 0 Å². The molecule has 0 aromatic carbocycles. The molecular formula is C15H25N5O. The maximum absolute atomic E-state index is 5.89. The van der Waals surface area contributed by atoms with Crippen molar-refractivity contribution in [2.45, 2.75) is 32.4 Å². The van der Waals surface area contributed by atoms with Crippen molar-refractivity contribution in [2.75, 3.05) is 26.7 Å². The van der Waals surface area contributed by atoms with Crippen molar-refractivity contribution in [1.82, 2.24) is 20.0 Å². The molecule has 21 heavy (non-hydrogen) atoms. The normalized spacial score (nSPS) is 28.6. The zero-order valence-corrected chi connectivity index (χ0v) is 13.3. The third kappa shape index (κ3) is 3.05. The summed E-state index contributed by atoms with van der Waals surface area (Å²) in [5.74, 6) is 0.989. The predicted molar refractivity (Wildman–Crippen MR) is 82.2 cm³/mol. The van der Waals surface area contributed by atoms with Crippen molar-refractivity contribution in [3.05, 3.63) is 18.0 Å². The lowest BCUT2D eigenvalue weighted by Crippen LogP contribution is -2.49. The molecule has 1 aliphatic heterocycles. The molecule has 0 amide bonds. The van der Waals surface area contributed by atoms with Gasteiger partial charge in [0.25, 0.3) is 0 Å². The second-order valence-corrected chi connectivity index (χ2v) is 6.69. The van der Waals surface area contributed by atoms with Crippen LogP contribution in [0.15, 0.2) is 17.4 Å². The fourth-order valence-electron chi connectivity index (χ4n) is 2.82. The van der Waals surface area contributed by atoms with Crippen LogP contribution < -0.4 is 5.32 Å². The van der Waals surface area contributed by atoms with E-state index < -0.39 is 0 Å². The highest BCUT2D eigenvalue weighted by atomic mass is 16.5. The molecule has 2 aliphatic rings. The lowest BCUT2D eigenvalue weighted by Gasteiger charge is -2.35. The zero-order chi connectivity index (χ0) is 15.0. The van der Waals surface area contributed by atoms with Gasteiger partial charge in [-0.25, -0.2) is 0 Å². The summed E-state index contributed by atoms with van der Waals surface area (Å²) in [4.78, 5) is 6.73. The van der Waals surface area contributed by atoms with Crippen LogP contribution in [0.1, 0.15) is 31.9 Å². The van der Waals surface area contributed by atoms with Crippen LogP contribution in [0.25, 0.3) is 0 Å². The molecular weight excluding hydrogens is 266 g/mol. The lowest BCUT2D eigenvalue weighted by atomic mass is 10.1. The molecule has 3 rings (SSSR count). The van der Waals surface area contributed by atoms with Gasteiger partial charge in [0.1, 0.15) is 6.10 Å². The van der Waals surface area contributed by atoms with Gasteiger partial charge in [0.05, 0.1) is 19.3 Å². The highest BCUT2D eigenvalue weighted by Crippen LogP contribution is 2.44. The van der Waals surface area contributed by atoms with Crippen LogP contribution in [-0.2, 0) is 11.8 Å². The first-order valence-corrected chi connectivity index (χ1v) is 7.58. The van der Waals surface area contributed by atoms with Gasteiger partial charge < -0.3 is 15.0 Å². The first-order valence-electron chi connectivity index (χ1n) is 7.58. The maximum atomic E-state index is 5.89. The Bertz CT molecular complexity index is 536. The maximum Gasteiger partial charge on any atom is 0.194 e. The summed E-state index contributed by atoms with van der Waals surface area (Å²) < 4.78 is 7.70. The number of aliphatic imine (C=N–C) groups is 1. The molecule has 1 aromatic heterocycles. The van der Waals surface area contributed by atoms with E-state index in [4.69, 9.17) is 4.74 Å². The summed E-state index contributed by atoms with van der Waals surface area (Å²) in [6, 6.07) is 0.538. The van der Waals surface area contributed by atoms with Gasteiger partial charge in [0, 0.05) is 38.4 Å². The van der Waals surface area contributed by atoms with Gasteiger partial charge in [-0.2, -0.15) is 5.10 Å². The van der Waals surface area contributed by atoms with E-state index in [1.807, 2.05) is 31.2 Å². The Morgan fingerprint density at radius 1 is 1.52 bits per heavy atom. The van der Waals surface area contributed by atoms with Crippen LogP contribution in [0, 0.1) is 5.41 Å². The summed E-state index contributed by atoms with van der Waals surface area (Å²) >= 11 is 0. The van der Waals surface area contributed by atoms with Crippen LogP contribution in [-0.4, -0.2) is 53.4 Å². The zero-order valence-electron chi connectivity index (χ0n) is 13.3. The molecule has 0 spiro atoms. The molecule has 1 aliphatic carbocycles. The summed E-state index contributed by atoms with van der Waals surface area (Å²) in [6.07, 6.45) is 5.18. The van der Waals surface area contributed by atoms with Gasteiger partial charge in [-0.05, 0) is 11.8 Å². The van der Waals surface area contributed by atoms with Crippen molar-refractivity contribution in [2.24, 2.45) is 17.5 Å². The summed E-state index contributed by atoms with van der Waals surface area (Å²) in [5, 5.41) is 7.81. The van der Waals surface area contributed by atoms with Crippen molar-refractivity contribution in [3.63, 3.8) is 0 Å². The number of aryl methyl sites for hydroxylation is 1. The Hall–Kier alpha value is -1.56. The average Bonchev–Trinajstić information content (AvgIpc) is 2.84. The van der Waals surface area contributed by atoms with E-state index >= 15 is 0 Å². The molecule has 6 heteroatoms. The molecule has 2 unspecified atom stereocenters. The Labute approximate surface area is 126 Å². The minimum absolute atomic E-state index is 0.0678. The topological polar surface area (TPSA) is 54.7 Å². The molecule has 2 heterocycles. The second kappa shape index (κ2) is 5.33. The van der Waals surface area contributed by atoms with E-state index in [2.05, 4.69) is 34.2 Å². The van der Waals surface area contributed by atoms with Gasteiger partial charge in [-0.1, -0.05) is 13.8 Å². The van der Waals surface area contributed by atoms with E-state index in [1.54, 1.807) is 0 Å². The van der Waals surface area contributed by atoms with Crippen LogP contribution in [0.3, 0.4) is 0 Å². The number of hydrogen-bond acceptors (Lipinski definition) is 3. The molecule has 6 nitrogen and oxygen atoms in total. The smallest absolute Gasteiger partial charge is 0.194 e. The minimum atomic E-state index is 0.0678. The number of guanidine groups is 1. The molecule has 0 radical (unpaired) electrons. The summed E-state index contributed by atoms with van der Waals surface area (Å²) in [5.41, 5.74) is 1.52. The van der Waals surface area contributed by atoms with E-state index in [1.165, 1.54) is 6.42 Å². The van der Waals surface area contributed by atoms with Gasteiger partial charge in [0.15, 0.2) is 5.96 Å². The molecule has 2 atom stereocenters. The van der Waals surface area contributed by atoms with Crippen LogP contribution in [0.2, 0.25) is 0 Å². The van der Waals surface area contributed by atoms with E-state index in [9.17, 15) is 0 Å². The largest absolute Gasteiger partial charge is 0.370 e. The molecule has 1 saturated carbocycles. The molecule has 116 valence electrons. The predicted octanol–water partition coefficient (Wildman–Crippen LogP) is 1.17. The minimum Gasteiger partial charge on any atom is -0.370 e. The van der Waals surface area contributed by atoms with E-state index in [0.29, 0.717) is 18.1 Å². The molecule has 1 aromatic rings. The van der Waals surface area contributed by atoms with Crippen molar-refractivity contribution < 1.29 is 4.74 Å².